The lowest BCUT2D eigenvalue weighted by Crippen LogP contribution is -2.06. The zero-order valence-electron chi connectivity index (χ0n) is 15.6. The van der Waals surface area contributed by atoms with Gasteiger partial charge in [-0.3, -0.25) is 0 Å². The van der Waals surface area contributed by atoms with E-state index in [-0.39, 0.29) is 23.6 Å². The first-order valence-corrected chi connectivity index (χ1v) is 8.62. The van der Waals surface area contributed by atoms with E-state index in [4.69, 9.17) is 4.74 Å². The highest BCUT2D eigenvalue weighted by Gasteiger charge is 2.14. The Balaban J connectivity index is 1.79. The van der Waals surface area contributed by atoms with Crippen LogP contribution in [-0.4, -0.2) is 16.1 Å². The van der Waals surface area contributed by atoms with Crippen molar-refractivity contribution in [3.63, 3.8) is 0 Å². The normalized spacial score (nSPS) is 10.8. The van der Waals surface area contributed by atoms with Gasteiger partial charge in [0.1, 0.15) is 11.6 Å². The number of hydrogen-bond donors (Lipinski definition) is 2. The Hall–Kier alpha value is -3.29. The first-order chi connectivity index (χ1) is 13.3. The minimum absolute atomic E-state index is 0.0734. The van der Waals surface area contributed by atoms with Crippen molar-refractivity contribution in [2.75, 3.05) is 10.6 Å². The molecule has 0 saturated carbocycles. The van der Waals surface area contributed by atoms with Gasteiger partial charge in [0.2, 0.25) is 5.95 Å². The molecule has 2 aromatic carbocycles. The summed E-state index contributed by atoms with van der Waals surface area (Å²) in [5.74, 6) is -2.87. The molecule has 0 aliphatic heterocycles. The molecule has 2 N–H and O–H groups in total. The Kier molecular flexibility index (Phi) is 5.67. The Morgan fingerprint density at radius 3 is 2.29 bits per heavy atom. The first kappa shape index (κ1) is 19.5. The molecule has 0 aliphatic carbocycles. The molecule has 3 aromatic rings. The molecule has 0 radical (unpaired) electrons. The lowest BCUT2D eigenvalue weighted by atomic mass is 10.2. The van der Waals surface area contributed by atoms with Crippen molar-refractivity contribution >= 4 is 23.1 Å². The van der Waals surface area contributed by atoms with E-state index >= 15 is 0 Å². The van der Waals surface area contributed by atoms with Crippen LogP contribution in [0.25, 0.3) is 0 Å². The van der Waals surface area contributed by atoms with Gasteiger partial charge in [0.15, 0.2) is 17.5 Å². The Morgan fingerprint density at radius 2 is 1.61 bits per heavy atom. The molecule has 1 heterocycles. The van der Waals surface area contributed by atoms with E-state index in [0.29, 0.717) is 5.69 Å². The van der Waals surface area contributed by atoms with Gasteiger partial charge in [0.05, 0.1) is 11.8 Å². The van der Waals surface area contributed by atoms with Gasteiger partial charge in [-0.1, -0.05) is 0 Å². The van der Waals surface area contributed by atoms with Crippen LogP contribution in [-0.2, 0) is 0 Å². The molecule has 8 heteroatoms. The lowest BCUT2D eigenvalue weighted by molar-refractivity contribution is 0.242. The molecule has 0 unspecified atom stereocenters. The number of nitrogens with one attached hydrogen (secondary N) is 2. The van der Waals surface area contributed by atoms with Crippen molar-refractivity contribution in [3.8, 4) is 5.75 Å². The number of benzene rings is 2. The topological polar surface area (TPSA) is 59.1 Å². The molecule has 0 bridgehead atoms. The van der Waals surface area contributed by atoms with Crippen LogP contribution < -0.4 is 15.4 Å². The standard InChI is InChI=1S/C20H19F3N4O/c1-11(2)28-14-6-4-13(5-7-14)25-20-24-12(3)10-17(27-20)26-16-9-8-15(21)18(22)19(16)23/h4-11H,1-3H3,(H2,24,25,26,27). The minimum Gasteiger partial charge on any atom is -0.491 e. The molecule has 0 amide bonds. The summed E-state index contributed by atoms with van der Waals surface area (Å²) in [6, 6.07) is 10.8. The van der Waals surface area contributed by atoms with Crippen LogP contribution in [0.4, 0.5) is 36.3 Å². The van der Waals surface area contributed by atoms with Gasteiger partial charge in [-0.15, -0.1) is 0 Å². The van der Waals surface area contributed by atoms with E-state index < -0.39 is 17.5 Å². The van der Waals surface area contributed by atoms with Crippen LogP contribution in [0.15, 0.2) is 42.5 Å². The second-order valence-corrected chi connectivity index (χ2v) is 6.38. The summed E-state index contributed by atoms with van der Waals surface area (Å²) in [6.07, 6.45) is 0.0734. The van der Waals surface area contributed by atoms with Gasteiger partial charge in [0, 0.05) is 17.4 Å². The fourth-order valence-corrected chi connectivity index (χ4v) is 2.47. The number of aromatic nitrogens is 2. The van der Waals surface area contributed by atoms with Gasteiger partial charge in [-0.05, 0) is 57.2 Å². The number of hydrogen-bond acceptors (Lipinski definition) is 5. The Labute approximate surface area is 160 Å². The second kappa shape index (κ2) is 8.16. The third-order valence-corrected chi connectivity index (χ3v) is 3.63. The zero-order valence-corrected chi connectivity index (χ0v) is 15.6. The fraction of sp³-hybridized carbons (Fsp3) is 0.200. The predicted molar refractivity (Wildman–Crippen MR) is 102 cm³/mol. The summed E-state index contributed by atoms with van der Waals surface area (Å²) in [4.78, 5) is 8.52. The molecule has 3 rings (SSSR count). The number of nitrogens with zero attached hydrogens (tertiary/aromatic N) is 2. The quantitative estimate of drug-likeness (QED) is 0.548. The summed E-state index contributed by atoms with van der Waals surface area (Å²) in [5, 5.41) is 5.69. The van der Waals surface area contributed by atoms with Crippen molar-refractivity contribution in [3.05, 3.63) is 65.6 Å². The van der Waals surface area contributed by atoms with Crippen LogP contribution in [0.5, 0.6) is 5.75 Å². The number of anilines is 4. The third kappa shape index (κ3) is 4.70. The van der Waals surface area contributed by atoms with Crippen LogP contribution in [0.3, 0.4) is 0 Å². The minimum atomic E-state index is -1.54. The van der Waals surface area contributed by atoms with E-state index in [2.05, 4.69) is 20.6 Å². The number of ether oxygens (including phenoxy) is 1. The van der Waals surface area contributed by atoms with Crippen molar-refractivity contribution in [2.45, 2.75) is 26.9 Å². The zero-order chi connectivity index (χ0) is 20.3. The van der Waals surface area contributed by atoms with Crippen LogP contribution in [0.2, 0.25) is 0 Å². The maximum absolute atomic E-state index is 13.9. The second-order valence-electron chi connectivity index (χ2n) is 6.38. The Bertz CT molecular complexity index is 978. The van der Waals surface area contributed by atoms with Crippen molar-refractivity contribution in [1.29, 1.82) is 0 Å². The summed E-state index contributed by atoms with van der Waals surface area (Å²) < 4.78 is 46.0. The molecule has 1 aromatic heterocycles. The van der Waals surface area contributed by atoms with E-state index in [0.717, 1.165) is 23.6 Å². The monoisotopic (exact) mass is 388 g/mol. The summed E-state index contributed by atoms with van der Waals surface area (Å²) >= 11 is 0. The first-order valence-electron chi connectivity index (χ1n) is 8.62. The maximum Gasteiger partial charge on any atom is 0.229 e. The van der Waals surface area contributed by atoms with Crippen molar-refractivity contribution in [1.82, 2.24) is 9.97 Å². The molecule has 0 saturated heterocycles. The molecular weight excluding hydrogens is 369 g/mol. The number of halogens is 3. The van der Waals surface area contributed by atoms with Gasteiger partial charge >= 0.3 is 0 Å². The summed E-state index contributed by atoms with van der Waals surface area (Å²) in [7, 11) is 0. The number of rotatable bonds is 6. The van der Waals surface area contributed by atoms with Crippen molar-refractivity contribution in [2.24, 2.45) is 0 Å². The van der Waals surface area contributed by atoms with E-state index in [1.54, 1.807) is 13.0 Å². The highest BCUT2D eigenvalue weighted by atomic mass is 19.2. The molecule has 0 aliphatic rings. The van der Waals surface area contributed by atoms with Crippen LogP contribution >= 0.6 is 0 Å². The van der Waals surface area contributed by atoms with Gasteiger partial charge in [-0.2, -0.15) is 4.98 Å². The van der Waals surface area contributed by atoms with E-state index in [9.17, 15) is 13.2 Å². The number of aryl methyl sites for hydroxylation is 1. The molecule has 5 nitrogen and oxygen atoms in total. The molecule has 28 heavy (non-hydrogen) atoms. The fourth-order valence-electron chi connectivity index (χ4n) is 2.47. The van der Waals surface area contributed by atoms with Gasteiger partial charge in [-0.25, -0.2) is 18.2 Å². The molecule has 0 atom stereocenters. The van der Waals surface area contributed by atoms with E-state index in [1.165, 1.54) is 0 Å². The summed E-state index contributed by atoms with van der Waals surface area (Å²) in [6.45, 7) is 5.62. The highest BCUT2D eigenvalue weighted by Crippen LogP contribution is 2.24. The van der Waals surface area contributed by atoms with Crippen LogP contribution in [0, 0.1) is 24.4 Å². The maximum atomic E-state index is 13.9. The average molecular weight is 388 g/mol. The molecular formula is C20H19F3N4O. The van der Waals surface area contributed by atoms with Gasteiger partial charge in [0.25, 0.3) is 0 Å². The smallest absolute Gasteiger partial charge is 0.229 e. The largest absolute Gasteiger partial charge is 0.491 e. The van der Waals surface area contributed by atoms with Crippen molar-refractivity contribution < 1.29 is 17.9 Å². The highest BCUT2D eigenvalue weighted by molar-refractivity contribution is 5.61. The molecule has 146 valence electrons. The molecule has 0 fully saturated rings. The predicted octanol–water partition coefficient (Wildman–Crippen LogP) is 5.48. The van der Waals surface area contributed by atoms with E-state index in [1.807, 2.05) is 38.1 Å². The average Bonchev–Trinajstić information content (AvgIpc) is 2.63. The van der Waals surface area contributed by atoms with Crippen LogP contribution in [0.1, 0.15) is 19.5 Å². The SMILES string of the molecule is Cc1cc(Nc2ccc(F)c(F)c2F)nc(Nc2ccc(OC(C)C)cc2)n1. The van der Waals surface area contributed by atoms with Gasteiger partial charge < -0.3 is 15.4 Å². The molecule has 0 spiro atoms. The Morgan fingerprint density at radius 1 is 0.893 bits per heavy atom. The third-order valence-electron chi connectivity index (χ3n) is 3.63. The lowest BCUT2D eigenvalue weighted by Gasteiger charge is -2.12. The summed E-state index contributed by atoms with van der Waals surface area (Å²) in [5.41, 5.74) is 1.10.